The van der Waals surface area contributed by atoms with E-state index in [0.29, 0.717) is 6.54 Å². The summed E-state index contributed by atoms with van der Waals surface area (Å²) < 4.78 is 1.07. The van der Waals surface area contributed by atoms with Crippen LogP contribution in [0.5, 0.6) is 0 Å². The lowest BCUT2D eigenvalue weighted by Gasteiger charge is -2.18. The van der Waals surface area contributed by atoms with Crippen LogP contribution < -0.4 is 10.6 Å². The van der Waals surface area contributed by atoms with Crippen molar-refractivity contribution in [3.8, 4) is 0 Å². The van der Waals surface area contributed by atoms with E-state index in [1.165, 1.54) is 0 Å². The minimum Gasteiger partial charge on any atom is -0.324 e. The van der Waals surface area contributed by atoms with Gasteiger partial charge in [-0.2, -0.15) is 0 Å². The summed E-state index contributed by atoms with van der Waals surface area (Å²) in [5, 5.41) is 6.30. The maximum Gasteiger partial charge on any atom is 0.238 e. The standard InChI is InChI=1S/C13H18IN3O.ClH/c14-11-4-1-2-5-12(11)16-13(18)10-17-8-3-6-15-7-9-17;/h1-2,4-5,15H,3,6-10H2,(H,16,18);1H. The molecule has 2 rings (SSSR count). The van der Waals surface area contributed by atoms with Crippen LogP contribution >= 0.6 is 35.0 Å². The molecule has 4 nitrogen and oxygen atoms in total. The molecule has 0 atom stereocenters. The first kappa shape index (κ1) is 16.7. The van der Waals surface area contributed by atoms with Gasteiger partial charge in [0.2, 0.25) is 5.91 Å². The normalized spacial score (nSPS) is 16.3. The number of nitrogens with one attached hydrogen (secondary N) is 2. The molecule has 0 aliphatic carbocycles. The van der Waals surface area contributed by atoms with Crippen molar-refractivity contribution in [3.63, 3.8) is 0 Å². The largest absolute Gasteiger partial charge is 0.324 e. The lowest BCUT2D eigenvalue weighted by Crippen LogP contribution is -2.35. The van der Waals surface area contributed by atoms with Gasteiger partial charge in [-0.05, 0) is 54.2 Å². The maximum atomic E-state index is 12.0. The molecule has 106 valence electrons. The van der Waals surface area contributed by atoms with Crippen LogP contribution in [0.2, 0.25) is 0 Å². The molecule has 0 bridgehead atoms. The van der Waals surface area contributed by atoms with Crippen LogP contribution in [0, 0.1) is 3.57 Å². The Balaban J connectivity index is 0.00000180. The van der Waals surface area contributed by atoms with E-state index in [9.17, 15) is 4.79 Å². The van der Waals surface area contributed by atoms with Crippen LogP contribution in [0.1, 0.15) is 6.42 Å². The average molecular weight is 396 g/mol. The average Bonchev–Trinajstić information content (AvgIpc) is 2.61. The third-order valence-corrected chi connectivity index (χ3v) is 3.89. The number of carbonyl (C=O) groups excluding carboxylic acids is 1. The predicted molar refractivity (Wildman–Crippen MR) is 89.0 cm³/mol. The Kier molecular flexibility index (Phi) is 7.67. The Hall–Kier alpha value is -0.370. The maximum absolute atomic E-state index is 12.0. The van der Waals surface area contributed by atoms with Gasteiger partial charge in [0.15, 0.2) is 0 Å². The summed E-state index contributed by atoms with van der Waals surface area (Å²) in [5.41, 5.74) is 0.899. The van der Waals surface area contributed by atoms with Gasteiger partial charge in [-0.3, -0.25) is 9.69 Å². The second-order valence-electron chi connectivity index (χ2n) is 4.41. The lowest BCUT2D eigenvalue weighted by atomic mass is 10.3. The highest BCUT2D eigenvalue weighted by Crippen LogP contribution is 2.16. The van der Waals surface area contributed by atoms with E-state index < -0.39 is 0 Å². The Morgan fingerprint density at radius 3 is 2.89 bits per heavy atom. The Bertz CT molecular complexity index is 409. The highest BCUT2D eigenvalue weighted by Gasteiger charge is 2.13. The van der Waals surface area contributed by atoms with Crippen molar-refractivity contribution in [2.45, 2.75) is 6.42 Å². The molecule has 0 saturated carbocycles. The summed E-state index contributed by atoms with van der Waals surface area (Å²) in [6, 6.07) is 7.83. The summed E-state index contributed by atoms with van der Waals surface area (Å²) in [6.07, 6.45) is 1.11. The van der Waals surface area contributed by atoms with E-state index in [1.807, 2.05) is 24.3 Å². The van der Waals surface area contributed by atoms with Gasteiger partial charge >= 0.3 is 0 Å². The third-order valence-electron chi connectivity index (χ3n) is 2.95. The van der Waals surface area contributed by atoms with Crippen LogP contribution in [-0.4, -0.2) is 43.5 Å². The minimum atomic E-state index is 0. The smallest absolute Gasteiger partial charge is 0.238 e. The molecule has 0 unspecified atom stereocenters. The number of hydrogen-bond donors (Lipinski definition) is 2. The van der Waals surface area contributed by atoms with E-state index in [0.717, 1.165) is 41.9 Å². The van der Waals surface area contributed by atoms with E-state index in [4.69, 9.17) is 0 Å². The Labute approximate surface area is 133 Å². The zero-order chi connectivity index (χ0) is 12.8. The molecule has 2 N–H and O–H groups in total. The number of carbonyl (C=O) groups is 1. The molecule has 1 fully saturated rings. The van der Waals surface area contributed by atoms with Gasteiger partial charge < -0.3 is 10.6 Å². The Morgan fingerprint density at radius 1 is 1.32 bits per heavy atom. The summed E-state index contributed by atoms with van der Waals surface area (Å²) >= 11 is 2.23. The molecule has 1 aromatic carbocycles. The fraction of sp³-hybridized carbons (Fsp3) is 0.462. The molecule has 0 radical (unpaired) electrons. The number of nitrogens with zero attached hydrogens (tertiary/aromatic N) is 1. The molecule has 1 amide bonds. The van der Waals surface area contributed by atoms with E-state index in [1.54, 1.807) is 0 Å². The molecule has 0 spiro atoms. The first-order valence-corrected chi connectivity index (χ1v) is 7.31. The number of anilines is 1. The molecule has 0 aromatic heterocycles. The van der Waals surface area contributed by atoms with Crippen molar-refractivity contribution in [2.24, 2.45) is 0 Å². The molecular weight excluding hydrogens is 377 g/mol. The molecule has 6 heteroatoms. The minimum absolute atomic E-state index is 0. The fourth-order valence-corrected chi connectivity index (χ4v) is 2.54. The van der Waals surface area contributed by atoms with E-state index in [2.05, 4.69) is 38.1 Å². The molecular formula is C13H19ClIN3O. The van der Waals surface area contributed by atoms with Crippen molar-refractivity contribution in [2.75, 3.05) is 38.0 Å². The van der Waals surface area contributed by atoms with Gasteiger partial charge in [0.25, 0.3) is 0 Å². The Morgan fingerprint density at radius 2 is 2.11 bits per heavy atom. The summed E-state index contributed by atoms with van der Waals surface area (Å²) in [5.74, 6) is 0.0704. The molecule has 1 aromatic rings. The second kappa shape index (κ2) is 8.73. The number of rotatable bonds is 3. The van der Waals surface area contributed by atoms with Crippen LogP contribution in [0.15, 0.2) is 24.3 Å². The zero-order valence-electron chi connectivity index (χ0n) is 10.7. The molecule has 1 aliphatic heterocycles. The molecule has 1 saturated heterocycles. The van der Waals surface area contributed by atoms with Crippen LogP contribution in [0.4, 0.5) is 5.69 Å². The molecule has 1 heterocycles. The zero-order valence-corrected chi connectivity index (χ0v) is 13.7. The quantitative estimate of drug-likeness (QED) is 0.769. The van der Waals surface area contributed by atoms with Gasteiger partial charge in [0, 0.05) is 16.7 Å². The molecule has 1 aliphatic rings. The number of amides is 1. The van der Waals surface area contributed by atoms with Gasteiger partial charge in [-0.25, -0.2) is 0 Å². The van der Waals surface area contributed by atoms with Gasteiger partial charge in [0.05, 0.1) is 12.2 Å². The van der Waals surface area contributed by atoms with Crippen molar-refractivity contribution < 1.29 is 4.79 Å². The first-order valence-electron chi connectivity index (χ1n) is 6.23. The number of para-hydroxylation sites is 1. The van der Waals surface area contributed by atoms with Crippen molar-refractivity contribution in [3.05, 3.63) is 27.8 Å². The molecule has 19 heavy (non-hydrogen) atoms. The van der Waals surface area contributed by atoms with Crippen molar-refractivity contribution in [1.82, 2.24) is 10.2 Å². The number of halogens is 2. The van der Waals surface area contributed by atoms with Crippen molar-refractivity contribution >= 4 is 46.6 Å². The summed E-state index contributed by atoms with van der Waals surface area (Å²) in [6.45, 7) is 4.43. The first-order chi connectivity index (χ1) is 8.75. The van der Waals surface area contributed by atoms with Crippen LogP contribution in [0.25, 0.3) is 0 Å². The van der Waals surface area contributed by atoms with E-state index in [-0.39, 0.29) is 18.3 Å². The lowest BCUT2D eigenvalue weighted by molar-refractivity contribution is -0.117. The third kappa shape index (κ3) is 5.64. The number of benzene rings is 1. The van der Waals surface area contributed by atoms with E-state index >= 15 is 0 Å². The summed E-state index contributed by atoms with van der Waals surface area (Å²) in [4.78, 5) is 14.2. The van der Waals surface area contributed by atoms with Crippen LogP contribution in [0.3, 0.4) is 0 Å². The predicted octanol–water partition coefficient (Wildman–Crippen LogP) is 1.95. The van der Waals surface area contributed by atoms with Crippen molar-refractivity contribution in [1.29, 1.82) is 0 Å². The highest BCUT2D eigenvalue weighted by molar-refractivity contribution is 14.1. The SMILES string of the molecule is Cl.O=C(CN1CCCNCC1)Nc1ccccc1I. The fourth-order valence-electron chi connectivity index (χ4n) is 2.02. The summed E-state index contributed by atoms with van der Waals surface area (Å²) in [7, 11) is 0. The van der Waals surface area contributed by atoms with Gasteiger partial charge in [-0.15, -0.1) is 12.4 Å². The topological polar surface area (TPSA) is 44.4 Å². The monoisotopic (exact) mass is 395 g/mol. The van der Waals surface area contributed by atoms with Gasteiger partial charge in [0.1, 0.15) is 0 Å². The second-order valence-corrected chi connectivity index (χ2v) is 5.57. The number of hydrogen-bond acceptors (Lipinski definition) is 3. The highest BCUT2D eigenvalue weighted by atomic mass is 127. The van der Waals surface area contributed by atoms with Gasteiger partial charge in [-0.1, -0.05) is 12.1 Å². The van der Waals surface area contributed by atoms with Crippen LogP contribution in [-0.2, 0) is 4.79 Å².